The van der Waals surface area contributed by atoms with Gasteiger partial charge in [-0.3, -0.25) is 0 Å². The minimum absolute atomic E-state index is 0.696. The van der Waals surface area contributed by atoms with Crippen molar-refractivity contribution in [2.75, 3.05) is 18.8 Å². The van der Waals surface area contributed by atoms with Crippen LogP contribution in [0, 0.1) is 17.8 Å². The minimum Gasteiger partial charge on any atom is -0.316 e. The minimum atomic E-state index is 0.696. The molecule has 1 aliphatic rings. The number of benzene rings is 1. The van der Waals surface area contributed by atoms with E-state index in [2.05, 4.69) is 57.3 Å². The summed E-state index contributed by atoms with van der Waals surface area (Å²) >= 11 is 2.01. The van der Waals surface area contributed by atoms with Gasteiger partial charge >= 0.3 is 0 Å². The maximum atomic E-state index is 3.72. The van der Waals surface area contributed by atoms with E-state index in [0.717, 1.165) is 30.8 Å². The van der Waals surface area contributed by atoms with Crippen molar-refractivity contribution in [3.63, 3.8) is 0 Å². The van der Waals surface area contributed by atoms with Crippen LogP contribution in [0.5, 0.6) is 0 Å². The number of thioether (sulfide) groups is 1. The third-order valence-electron chi connectivity index (χ3n) is 4.28. The number of nitrogens with one attached hydrogen (secondary N) is 1. The van der Waals surface area contributed by atoms with Gasteiger partial charge in [-0.15, -0.1) is 11.8 Å². The van der Waals surface area contributed by atoms with Crippen molar-refractivity contribution in [1.29, 1.82) is 0 Å². The molecule has 106 valence electrons. The largest absolute Gasteiger partial charge is 0.316 e. The van der Waals surface area contributed by atoms with Gasteiger partial charge in [0.25, 0.3) is 0 Å². The predicted molar refractivity (Wildman–Crippen MR) is 85.9 cm³/mol. The Labute approximate surface area is 122 Å². The Morgan fingerprint density at radius 3 is 2.53 bits per heavy atom. The fourth-order valence-electron chi connectivity index (χ4n) is 3.06. The second-order valence-electron chi connectivity index (χ2n) is 6.36. The summed E-state index contributed by atoms with van der Waals surface area (Å²) in [5, 5.41) is 3.72. The summed E-state index contributed by atoms with van der Waals surface area (Å²) in [6.07, 6.45) is 0. The van der Waals surface area contributed by atoms with Crippen LogP contribution in [0.2, 0.25) is 0 Å². The van der Waals surface area contributed by atoms with Crippen LogP contribution in [0.15, 0.2) is 29.2 Å². The number of fused-ring (bicyclic) bond motifs is 1. The van der Waals surface area contributed by atoms with E-state index in [0.29, 0.717) is 5.92 Å². The Hall–Kier alpha value is -0.470. The zero-order valence-corrected chi connectivity index (χ0v) is 13.5. The molecular weight excluding hydrogens is 250 g/mol. The Balaban J connectivity index is 1.84. The highest BCUT2D eigenvalue weighted by Crippen LogP contribution is 2.38. The van der Waals surface area contributed by atoms with Gasteiger partial charge in [-0.2, -0.15) is 0 Å². The summed E-state index contributed by atoms with van der Waals surface area (Å²) in [5.41, 5.74) is 1.55. The molecule has 0 spiro atoms. The fraction of sp³-hybridized carbons (Fsp3) is 0.647. The molecule has 0 bridgehead atoms. The van der Waals surface area contributed by atoms with Crippen LogP contribution >= 0.6 is 11.8 Å². The monoisotopic (exact) mass is 277 g/mol. The van der Waals surface area contributed by atoms with E-state index >= 15 is 0 Å². The van der Waals surface area contributed by atoms with Crippen molar-refractivity contribution < 1.29 is 0 Å². The van der Waals surface area contributed by atoms with E-state index < -0.39 is 0 Å². The van der Waals surface area contributed by atoms with Gasteiger partial charge < -0.3 is 5.32 Å². The topological polar surface area (TPSA) is 12.0 Å². The first-order chi connectivity index (χ1) is 9.09. The summed E-state index contributed by atoms with van der Waals surface area (Å²) < 4.78 is 0. The molecule has 0 radical (unpaired) electrons. The molecule has 1 aromatic carbocycles. The fourth-order valence-corrected chi connectivity index (χ4v) is 4.32. The molecule has 0 saturated heterocycles. The van der Waals surface area contributed by atoms with Crippen LogP contribution in [0.1, 0.15) is 39.2 Å². The van der Waals surface area contributed by atoms with Gasteiger partial charge in [-0.05, 0) is 35.9 Å². The van der Waals surface area contributed by atoms with E-state index in [-0.39, 0.29) is 0 Å². The van der Waals surface area contributed by atoms with E-state index in [4.69, 9.17) is 0 Å². The van der Waals surface area contributed by atoms with E-state index in [9.17, 15) is 0 Å². The summed E-state index contributed by atoms with van der Waals surface area (Å²) in [5.74, 6) is 4.24. The molecule has 2 heteroatoms. The quantitative estimate of drug-likeness (QED) is 0.827. The molecule has 1 unspecified atom stereocenters. The second kappa shape index (κ2) is 6.81. The first-order valence-corrected chi connectivity index (χ1v) is 8.50. The standard InChI is InChI=1S/C17H27NS/c1-12(2)16(13(3)4)10-18-9-14-11-19-17-8-6-5-7-15(14)17/h5-8,12-14,16,18H,9-11H2,1-4H3. The van der Waals surface area contributed by atoms with Gasteiger partial charge in [0.15, 0.2) is 0 Å². The highest BCUT2D eigenvalue weighted by Gasteiger charge is 2.23. The molecule has 0 saturated carbocycles. The molecule has 19 heavy (non-hydrogen) atoms. The zero-order chi connectivity index (χ0) is 13.8. The first-order valence-electron chi connectivity index (χ1n) is 7.52. The van der Waals surface area contributed by atoms with Crippen LogP contribution in [0.25, 0.3) is 0 Å². The highest BCUT2D eigenvalue weighted by atomic mass is 32.2. The Bertz CT molecular complexity index is 392. The maximum Gasteiger partial charge on any atom is 0.0108 e. The summed E-state index contributed by atoms with van der Waals surface area (Å²) in [7, 11) is 0. The molecule has 0 amide bonds. The van der Waals surface area contributed by atoms with Crippen LogP contribution < -0.4 is 5.32 Å². The van der Waals surface area contributed by atoms with Gasteiger partial charge in [0.1, 0.15) is 0 Å². The van der Waals surface area contributed by atoms with E-state index in [1.807, 2.05) is 11.8 Å². The van der Waals surface area contributed by atoms with Crippen molar-refractivity contribution >= 4 is 11.8 Å². The van der Waals surface area contributed by atoms with Crippen molar-refractivity contribution in [3.05, 3.63) is 29.8 Å². The molecule has 1 N–H and O–H groups in total. The van der Waals surface area contributed by atoms with Crippen LogP contribution in [0.3, 0.4) is 0 Å². The SMILES string of the molecule is CC(C)C(CNCC1CSc2ccccc21)C(C)C. The van der Waals surface area contributed by atoms with Gasteiger partial charge in [-0.1, -0.05) is 45.9 Å². The van der Waals surface area contributed by atoms with Gasteiger partial charge in [0, 0.05) is 23.1 Å². The third-order valence-corrected chi connectivity index (χ3v) is 5.53. The summed E-state index contributed by atoms with van der Waals surface area (Å²) in [6.45, 7) is 11.6. The molecule has 1 aromatic rings. The van der Waals surface area contributed by atoms with Gasteiger partial charge in [0.2, 0.25) is 0 Å². The number of hydrogen-bond donors (Lipinski definition) is 1. The molecule has 1 atom stereocenters. The molecule has 0 aromatic heterocycles. The average Bonchev–Trinajstić information content (AvgIpc) is 2.77. The predicted octanol–water partition coefficient (Wildman–Crippen LogP) is 4.39. The second-order valence-corrected chi connectivity index (χ2v) is 7.42. The highest BCUT2D eigenvalue weighted by molar-refractivity contribution is 7.99. The normalized spacial score (nSPS) is 18.6. The maximum absolute atomic E-state index is 3.72. The van der Waals surface area contributed by atoms with Crippen LogP contribution in [0.4, 0.5) is 0 Å². The smallest absolute Gasteiger partial charge is 0.0108 e. The van der Waals surface area contributed by atoms with Crippen molar-refractivity contribution in [1.82, 2.24) is 5.32 Å². The Morgan fingerprint density at radius 1 is 1.16 bits per heavy atom. The van der Waals surface area contributed by atoms with E-state index in [1.165, 1.54) is 10.6 Å². The zero-order valence-electron chi connectivity index (χ0n) is 12.6. The van der Waals surface area contributed by atoms with Crippen molar-refractivity contribution in [2.24, 2.45) is 17.8 Å². The Kier molecular flexibility index (Phi) is 5.35. The van der Waals surface area contributed by atoms with Gasteiger partial charge in [0.05, 0.1) is 0 Å². The lowest BCUT2D eigenvalue weighted by atomic mass is 9.85. The number of rotatable bonds is 6. The van der Waals surface area contributed by atoms with Crippen LogP contribution in [-0.2, 0) is 0 Å². The lowest BCUT2D eigenvalue weighted by Gasteiger charge is -2.26. The molecular formula is C17H27NS. The van der Waals surface area contributed by atoms with Crippen molar-refractivity contribution in [2.45, 2.75) is 38.5 Å². The molecule has 0 aliphatic carbocycles. The third kappa shape index (κ3) is 3.76. The Morgan fingerprint density at radius 2 is 1.84 bits per heavy atom. The molecule has 1 heterocycles. The van der Waals surface area contributed by atoms with Gasteiger partial charge in [-0.25, -0.2) is 0 Å². The summed E-state index contributed by atoms with van der Waals surface area (Å²) in [6, 6.07) is 8.87. The molecule has 2 rings (SSSR count). The van der Waals surface area contributed by atoms with Crippen molar-refractivity contribution in [3.8, 4) is 0 Å². The lowest BCUT2D eigenvalue weighted by molar-refractivity contribution is 0.275. The molecule has 0 fully saturated rings. The first kappa shape index (κ1) is 14.9. The molecule has 1 nitrogen and oxygen atoms in total. The van der Waals surface area contributed by atoms with E-state index in [1.54, 1.807) is 5.56 Å². The average molecular weight is 277 g/mol. The lowest BCUT2D eigenvalue weighted by Crippen LogP contribution is -2.32. The van der Waals surface area contributed by atoms with Crippen LogP contribution in [-0.4, -0.2) is 18.8 Å². The number of hydrogen-bond acceptors (Lipinski definition) is 2. The summed E-state index contributed by atoms with van der Waals surface area (Å²) in [4.78, 5) is 1.48. The molecule has 1 aliphatic heterocycles.